The molecule has 0 fully saturated rings. The molecule has 4 aromatic rings. The van der Waals surface area contributed by atoms with Crippen LogP contribution in [0.3, 0.4) is 0 Å². The molecule has 0 saturated heterocycles. The van der Waals surface area contributed by atoms with Crippen LogP contribution >= 0.6 is 0 Å². The van der Waals surface area contributed by atoms with Crippen molar-refractivity contribution in [3.8, 4) is 17.2 Å². The summed E-state index contributed by atoms with van der Waals surface area (Å²) in [5.41, 5.74) is 9.97. The van der Waals surface area contributed by atoms with E-state index in [1.807, 2.05) is 55.5 Å². The van der Waals surface area contributed by atoms with Crippen LogP contribution in [-0.4, -0.2) is 66.6 Å². The third-order valence-corrected chi connectivity index (χ3v) is 7.77. The number of anilines is 1. The lowest BCUT2D eigenvalue weighted by Crippen LogP contribution is -2.45. The molecule has 9 nitrogen and oxygen atoms in total. The predicted octanol–water partition coefficient (Wildman–Crippen LogP) is 6.03. The minimum absolute atomic E-state index is 0.0661. The number of nitrogens with zero attached hydrogens (tertiary/aromatic N) is 2. The first-order valence-corrected chi connectivity index (χ1v) is 15.8. The van der Waals surface area contributed by atoms with Crippen LogP contribution in [0.2, 0.25) is 0 Å². The highest BCUT2D eigenvalue weighted by molar-refractivity contribution is 6.02. The third kappa shape index (κ3) is 9.65. The number of ether oxygens (including phenoxy) is 2. The number of nitrogens with two attached hydrogens (primary N) is 1. The topological polar surface area (TPSA) is 117 Å². The number of rotatable bonds is 9. The van der Waals surface area contributed by atoms with Crippen molar-refractivity contribution >= 4 is 17.5 Å². The summed E-state index contributed by atoms with van der Waals surface area (Å²) in [6, 6.07) is 29.2. The van der Waals surface area contributed by atoms with Crippen molar-refractivity contribution < 1.29 is 24.2 Å². The molecule has 1 aliphatic rings. The molecule has 47 heavy (non-hydrogen) atoms. The Kier molecular flexibility index (Phi) is 12.5. The second-order valence-electron chi connectivity index (χ2n) is 12.2. The van der Waals surface area contributed by atoms with Crippen molar-refractivity contribution in [2.45, 2.75) is 39.4 Å². The van der Waals surface area contributed by atoms with Gasteiger partial charge in [-0.15, -0.1) is 0 Å². The molecular weight excluding hydrogens is 592 g/mol. The summed E-state index contributed by atoms with van der Waals surface area (Å²) < 4.78 is 11.8. The Hall–Kier alpha value is -4.70. The van der Waals surface area contributed by atoms with Gasteiger partial charge < -0.3 is 35.4 Å². The van der Waals surface area contributed by atoms with Gasteiger partial charge in [0.15, 0.2) is 5.75 Å². The van der Waals surface area contributed by atoms with Gasteiger partial charge in [-0.05, 0) is 75.0 Å². The van der Waals surface area contributed by atoms with E-state index in [-0.39, 0.29) is 24.5 Å². The van der Waals surface area contributed by atoms with Crippen LogP contribution in [0.25, 0.3) is 0 Å². The van der Waals surface area contributed by atoms with Crippen LogP contribution < -0.4 is 20.5 Å². The van der Waals surface area contributed by atoms with Crippen LogP contribution in [-0.2, 0) is 11.3 Å². The molecule has 4 aromatic carbocycles. The number of hydrogen-bond donors (Lipinski definition) is 3. The molecule has 2 amide bonds. The molecule has 0 radical (unpaired) electrons. The Morgan fingerprint density at radius 3 is 2.36 bits per heavy atom. The van der Waals surface area contributed by atoms with E-state index in [0.29, 0.717) is 35.7 Å². The summed E-state index contributed by atoms with van der Waals surface area (Å²) in [4.78, 5) is 29.6. The first-order chi connectivity index (χ1) is 22.6. The zero-order valence-electron chi connectivity index (χ0n) is 27.9. The lowest BCUT2D eigenvalue weighted by Gasteiger charge is -2.33. The molecule has 0 bridgehead atoms. The smallest absolute Gasteiger partial charge is 0.258 e. The number of benzene rings is 4. The molecule has 1 aliphatic heterocycles. The summed E-state index contributed by atoms with van der Waals surface area (Å²) in [5, 5.41) is 12.3. The van der Waals surface area contributed by atoms with Crippen molar-refractivity contribution in [1.29, 1.82) is 0 Å². The highest BCUT2D eigenvalue weighted by Gasteiger charge is 2.30. The second kappa shape index (κ2) is 16.7. The van der Waals surface area contributed by atoms with E-state index < -0.39 is 11.9 Å². The molecular formula is C38H46N4O5. The summed E-state index contributed by atoms with van der Waals surface area (Å²) in [7, 11) is 4.13. The fraction of sp³-hybridized carbons (Fsp3) is 0.316. The molecule has 0 spiro atoms. The number of para-hydroxylation sites is 2. The number of fused-ring (bicyclic) bond motifs is 1. The number of aliphatic hydroxyl groups excluding tert-OH is 1. The van der Waals surface area contributed by atoms with Crippen molar-refractivity contribution in [3.63, 3.8) is 0 Å². The monoisotopic (exact) mass is 638 g/mol. The van der Waals surface area contributed by atoms with Gasteiger partial charge in [0.25, 0.3) is 5.91 Å². The first-order valence-electron chi connectivity index (χ1n) is 15.8. The number of aliphatic hydroxyl groups is 1. The molecule has 0 aromatic heterocycles. The number of hydrogen-bond acceptors (Lipinski definition) is 7. The van der Waals surface area contributed by atoms with E-state index in [9.17, 15) is 14.7 Å². The van der Waals surface area contributed by atoms with Crippen LogP contribution in [0.4, 0.5) is 5.69 Å². The third-order valence-electron chi connectivity index (χ3n) is 7.77. The van der Waals surface area contributed by atoms with Crippen LogP contribution in [0.5, 0.6) is 17.2 Å². The number of carbonyl (C=O) groups is 2. The maximum atomic E-state index is 13.1. The fourth-order valence-corrected chi connectivity index (χ4v) is 5.14. The normalized spacial score (nSPS) is 15.6. The molecule has 0 saturated carbocycles. The summed E-state index contributed by atoms with van der Waals surface area (Å²) in [5.74, 6) is 1.56. The zero-order chi connectivity index (χ0) is 33.9. The lowest BCUT2D eigenvalue weighted by atomic mass is 10.0. The standard InChI is InChI=1S/C22H27N3O4.C16H19NO/c1-14-11-25(15(2)12-26)22(28)17-9-6-10-18(20(17)29-13-14)24-21(27)19(23)16-7-4-3-5-8-16;1-13-6-4-5-7-16(13)18-15-10-8-14(9-11-15)12-17(2)3/h3-10,14-15,19,26H,11-13,23H2,1-2H3,(H,24,27);4-11H,12H2,1-3H3/t14-,15+,19?;/m1./s1. The predicted molar refractivity (Wildman–Crippen MR) is 186 cm³/mol. The SMILES string of the molecule is C[C@H]1COc2c(NC(=O)C(N)c3ccccc3)cccc2C(=O)N([C@@H](C)CO)C1.Cc1ccccc1Oc1ccc(CN(C)C)cc1. The maximum Gasteiger partial charge on any atom is 0.258 e. The van der Waals surface area contributed by atoms with Crippen molar-refractivity contribution in [1.82, 2.24) is 9.80 Å². The van der Waals surface area contributed by atoms with Crippen LogP contribution in [0, 0.1) is 12.8 Å². The van der Waals surface area contributed by atoms with E-state index in [4.69, 9.17) is 15.2 Å². The Morgan fingerprint density at radius 1 is 1.02 bits per heavy atom. The molecule has 3 atom stereocenters. The van der Waals surface area contributed by atoms with Gasteiger partial charge in [-0.1, -0.05) is 73.7 Å². The van der Waals surface area contributed by atoms with E-state index in [0.717, 1.165) is 23.6 Å². The summed E-state index contributed by atoms with van der Waals surface area (Å²) >= 11 is 0. The average Bonchev–Trinajstić information content (AvgIpc) is 3.07. The lowest BCUT2D eigenvalue weighted by molar-refractivity contribution is -0.117. The fourth-order valence-electron chi connectivity index (χ4n) is 5.14. The highest BCUT2D eigenvalue weighted by atomic mass is 16.5. The van der Waals surface area contributed by atoms with Gasteiger partial charge in [0, 0.05) is 19.0 Å². The first kappa shape index (κ1) is 35.2. The Morgan fingerprint density at radius 2 is 1.70 bits per heavy atom. The Balaban J connectivity index is 0.000000238. The number of carbonyl (C=O) groups excluding carboxylic acids is 2. The van der Waals surface area contributed by atoms with Gasteiger partial charge in [0.2, 0.25) is 5.91 Å². The van der Waals surface area contributed by atoms with Gasteiger partial charge >= 0.3 is 0 Å². The van der Waals surface area contributed by atoms with Gasteiger partial charge in [-0.2, -0.15) is 0 Å². The average molecular weight is 639 g/mol. The van der Waals surface area contributed by atoms with Gasteiger partial charge in [-0.25, -0.2) is 0 Å². The van der Waals surface area contributed by atoms with Crippen LogP contribution in [0.1, 0.15) is 46.9 Å². The van der Waals surface area contributed by atoms with Gasteiger partial charge in [0.1, 0.15) is 17.5 Å². The molecule has 1 heterocycles. The summed E-state index contributed by atoms with van der Waals surface area (Å²) in [6.07, 6.45) is 0. The second-order valence-corrected chi connectivity index (χ2v) is 12.2. The molecule has 248 valence electrons. The largest absolute Gasteiger partial charge is 0.490 e. The number of aryl methyl sites for hydroxylation is 1. The van der Waals surface area contributed by atoms with Crippen molar-refractivity contribution in [3.05, 3.63) is 119 Å². The molecule has 9 heteroatoms. The maximum absolute atomic E-state index is 13.1. The van der Waals surface area contributed by atoms with Crippen molar-refractivity contribution in [2.75, 3.05) is 39.2 Å². The Bertz CT molecular complexity index is 1610. The zero-order valence-corrected chi connectivity index (χ0v) is 27.9. The minimum atomic E-state index is -0.846. The number of amides is 2. The molecule has 5 rings (SSSR count). The van der Waals surface area contributed by atoms with E-state index >= 15 is 0 Å². The highest BCUT2D eigenvalue weighted by Crippen LogP contribution is 2.33. The van der Waals surface area contributed by atoms with Crippen LogP contribution in [0.15, 0.2) is 97.1 Å². The minimum Gasteiger partial charge on any atom is -0.490 e. The molecule has 1 unspecified atom stereocenters. The Labute approximate surface area is 277 Å². The molecule has 0 aliphatic carbocycles. The molecule has 4 N–H and O–H groups in total. The van der Waals surface area contributed by atoms with Crippen molar-refractivity contribution in [2.24, 2.45) is 11.7 Å². The quantitative estimate of drug-likeness (QED) is 0.205. The van der Waals surface area contributed by atoms with E-state index in [1.165, 1.54) is 5.56 Å². The number of nitrogens with one attached hydrogen (secondary N) is 1. The van der Waals surface area contributed by atoms with E-state index in [2.05, 4.69) is 49.4 Å². The van der Waals surface area contributed by atoms with Gasteiger partial charge in [-0.3, -0.25) is 9.59 Å². The summed E-state index contributed by atoms with van der Waals surface area (Å²) in [6.45, 7) is 7.51. The van der Waals surface area contributed by atoms with Gasteiger partial charge in [0.05, 0.1) is 30.5 Å². The van der Waals surface area contributed by atoms with E-state index in [1.54, 1.807) is 42.2 Å².